The Kier molecular flexibility index (Phi) is 5.77. The molecule has 0 amide bonds. The van der Waals surface area contributed by atoms with Crippen LogP contribution in [0, 0.1) is 13.8 Å². The maximum Gasteiger partial charge on any atom is 0.0568 e. The van der Waals surface area contributed by atoms with E-state index in [-0.39, 0.29) is 21.1 Å². The summed E-state index contributed by atoms with van der Waals surface area (Å²) in [4.78, 5) is 0. The largest absolute Gasteiger partial charge is 0.270 e. The molecule has 2 rings (SSSR count). The summed E-state index contributed by atoms with van der Waals surface area (Å²) in [6.45, 7) is 13.2. The van der Waals surface area contributed by atoms with Crippen LogP contribution in [0.2, 0.25) is 0 Å². The molecule has 2 nitrogen and oxygen atoms in total. The van der Waals surface area contributed by atoms with Crippen molar-refractivity contribution in [3.8, 4) is 11.1 Å². The van der Waals surface area contributed by atoms with Gasteiger partial charge in [0, 0.05) is 38.9 Å². The van der Waals surface area contributed by atoms with E-state index < -0.39 is 0 Å². The molecule has 0 atom stereocenters. The molecular formula is C17H24N2Pt. The van der Waals surface area contributed by atoms with Gasteiger partial charge in [0.05, 0.1) is 6.20 Å². The molecule has 0 aliphatic rings. The molecule has 0 radical (unpaired) electrons. The van der Waals surface area contributed by atoms with Gasteiger partial charge in [-0.1, -0.05) is 31.5 Å². The molecule has 0 spiro atoms. The zero-order chi connectivity index (χ0) is 14.2. The SMILES string of the molecule is Cc1cc(C)c(-c2cnn(C(C)C)c2)c(C(C)C)c1.[Pt]. The van der Waals surface area contributed by atoms with E-state index in [1.165, 1.54) is 27.8 Å². The fraction of sp³-hybridized carbons (Fsp3) is 0.471. The zero-order valence-electron chi connectivity index (χ0n) is 13.2. The smallest absolute Gasteiger partial charge is 0.0568 e. The van der Waals surface area contributed by atoms with Crippen molar-refractivity contribution in [2.75, 3.05) is 0 Å². The first-order valence-electron chi connectivity index (χ1n) is 7.05. The van der Waals surface area contributed by atoms with Crippen molar-refractivity contribution >= 4 is 0 Å². The van der Waals surface area contributed by atoms with Crippen molar-refractivity contribution in [3.63, 3.8) is 0 Å². The minimum absolute atomic E-state index is 0. The second-order valence-corrected chi connectivity index (χ2v) is 6.00. The standard InChI is InChI=1S/C17H24N2.Pt/c1-11(2)16-8-13(5)7-14(6)17(16)15-9-18-19(10-15)12(3)4;/h7-12H,1-6H3;. The van der Waals surface area contributed by atoms with E-state index in [1.54, 1.807) is 0 Å². The number of hydrogen-bond donors (Lipinski definition) is 0. The molecule has 0 N–H and O–H groups in total. The van der Waals surface area contributed by atoms with Crippen molar-refractivity contribution in [2.45, 2.75) is 53.5 Å². The molecule has 0 saturated carbocycles. The predicted octanol–water partition coefficient (Wildman–Crippen LogP) is 4.87. The third-order valence-corrected chi connectivity index (χ3v) is 3.55. The minimum atomic E-state index is 0. The Morgan fingerprint density at radius 3 is 2.20 bits per heavy atom. The Hall–Kier alpha value is -0.882. The van der Waals surface area contributed by atoms with Gasteiger partial charge in [0.15, 0.2) is 0 Å². The first-order chi connectivity index (χ1) is 8.90. The van der Waals surface area contributed by atoms with Gasteiger partial charge >= 0.3 is 0 Å². The molecule has 0 bridgehead atoms. The summed E-state index contributed by atoms with van der Waals surface area (Å²) in [6, 6.07) is 4.97. The number of rotatable bonds is 3. The van der Waals surface area contributed by atoms with Crippen molar-refractivity contribution in [1.29, 1.82) is 0 Å². The average Bonchev–Trinajstić information content (AvgIpc) is 2.76. The average molecular weight is 451 g/mol. The quantitative estimate of drug-likeness (QED) is 0.651. The second-order valence-electron chi connectivity index (χ2n) is 6.00. The summed E-state index contributed by atoms with van der Waals surface area (Å²) >= 11 is 0. The Morgan fingerprint density at radius 1 is 1.05 bits per heavy atom. The fourth-order valence-corrected chi connectivity index (χ4v) is 2.60. The summed E-state index contributed by atoms with van der Waals surface area (Å²) in [5.41, 5.74) is 6.68. The van der Waals surface area contributed by atoms with Gasteiger partial charge < -0.3 is 0 Å². The topological polar surface area (TPSA) is 17.8 Å². The molecule has 112 valence electrons. The summed E-state index contributed by atoms with van der Waals surface area (Å²) in [6.07, 6.45) is 4.15. The van der Waals surface area contributed by atoms with Crippen molar-refractivity contribution < 1.29 is 21.1 Å². The van der Waals surface area contributed by atoms with Crippen LogP contribution >= 0.6 is 0 Å². The maximum atomic E-state index is 4.47. The van der Waals surface area contributed by atoms with Crippen LogP contribution in [0.1, 0.15) is 56.3 Å². The van der Waals surface area contributed by atoms with Crippen molar-refractivity contribution in [3.05, 3.63) is 41.2 Å². The van der Waals surface area contributed by atoms with E-state index in [1.807, 2.05) is 10.9 Å². The van der Waals surface area contributed by atoms with Crippen LogP contribution in [0.3, 0.4) is 0 Å². The first kappa shape index (κ1) is 17.2. The molecule has 1 heterocycles. The second kappa shape index (κ2) is 6.72. The van der Waals surface area contributed by atoms with Crippen LogP contribution in [-0.4, -0.2) is 9.78 Å². The van der Waals surface area contributed by atoms with E-state index in [0.717, 1.165) is 0 Å². The van der Waals surface area contributed by atoms with Gasteiger partial charge in [-0.15, -0.1) is 0 Å². The normalized spacial score (nSPS) is 11.0. The Bertz CT molecular complexity index is 583. The maximum absolute atomic E-state index is 4.47. The van der Waals surface area contributed by atoms with Crippen LogP contribution < -0.4 is 0 Å². The van der Waals surface area contributed by atoms with Gasteiger partial charge in [0.1, 0.15) is 0 Å². The van der Waals surface area contributed by atoms with Gasteiger partial charge in [-0.05, 0) is 50.3 Å². The fourth-order valence-electron chi connectivity index (χ4n) is 2.60. The molecule has 0 aliphatic carbocycles. The third-order valence-electron chi connectivity index (χ3n) is 3.55. The number of aromatic nitrogens is 2. The minimum Gasteiger partial charge on any atom is -0.270 e. The van der Waals surface area contributed by atoms with Crippen molar-refractivity contribution in [2.24, 2.45) is 0 Å². The molecule has 0 fully saturated rings. The van der Waals surface area contributed by atoms with Crippen LogP contribution in [-0.2, 0) is 21.1 Å². The van der Waals surface area contributed by atoms with E-state index in [9.17, 15) is 0 Å². The number of aryl methyl sites for hydroxylation is 2. The molecule has 0 unspecified atom stereocenters. The van der Waals surface area contributed by atoms with Gasteiger partial charge in [0.25, 0.3) is 0 Å². The van der Waals surface area contributed by atoms with Crippen LogP contribution in [0.5, 0.6) is 0 Å². The molecule has 3 heteroatoms. The molecule has 1 aromatic heterocycles. The zero-order valence-corrected chi connectivity index (χ0v) is 15.4. The molecule has 1 aromatic carbocycles. The molecule has 2 aromatic rings. The summed E-state index contributed by atoms with van der Waals surface area (Å²) in [7, 11) is 0. The molecular weight excluding hydrogens is 427 g/mol. The van der Waals surface area contributed by atoms with Crippen LogP contribution in [0.4, 0.5) is 0 Å². The number of benzene rings is 1. The number of hydrogen-bond acceptors (Lipinski definition) is 1. The van der Waals surface area contributed by atoms with Crippen molar-refractivity contribution in [1.82, 2.24) is 9.78 Å². The summed E-state index contributed by atoms with van der Waals surface area (Å²) in [5, 5.41) is 4.47. The first-order valence-corrected chi connectivity index (χ1v) is 7.05. The summed E-state index contributed by atoms with van der Waals surface area (Å²) in [5.74, 6) is 0.524. The van der Waals surface area contributed by atoms with Gasteiger partial charge in [-0.3, -0.25) is 4.68 Å². The Morgan fingerprint density at radius 2 is 1.70 bits per heavy atom. The van der Waals surface area contributed by atoms with E-state index in [2.05, 4.69) is 65.0 Å². The van der Waals surface area contributed by atoms with Gasteiger partial charge in [-0.25, -0.2) is 0 Å². The van der Waals surface area contributed by atoms with Gasteiger partial charge in [0.2, 0.25) is 0 Å². The molecule has 0 aliphatic heterocycles. The molecule has 0 saturated heterocycles. The Labute approximate surface area is 136 Å². The monoisotopic (exact) mass is 451 g/mol. The predicted molar refractivity (Wildman–Crippen MR) is 81.6 cm³/mol. The van der Waals surface area contributed by atoms with Gasteiger partial charge in [-0.2, -0.15) is 5.10 Å². The van der Waals surface area contributed by atoms with E-state index in [4.69, 9.17) is 0 Å². The molecule has 20 heavy (non-hydrogen) atoms. The number of nitrogens with zero attached hydrogens (tertiary/aromatic N) is 2. The van der Waals surface area contributed by atoms with Crippen LogP contribution in [0.15, 0.2) is 24.5 Å². The van der Waals surface area contributed by atoms with E-state index in [0.29, 0.717) is 12.0 Å². The Balaban J connectivity index is 0.00000200. The van der Waals surface area contributed by atoms with E-state index >= 15 is 0 Å². The van der Waals surface area contributed by atoms with Crippen LogP contribution in [0.25, 0.3) is 11.1 Å². The summed E-state index contributed by atoms with van der Waals surface area (Å²) < 4.78 is 2.03. The third kappa shape index (κ3) is 3.41.